The Morgan fingerprint density at radius 3 is 2.91 bits per heavy atom. The minimum absolute atomic E-state index is 0.0782. The lowest BCUT2D eigenvalue weighted by atomic mass is 10.1. The van der Waals surface area contributed by atoms with Gasteiger partial charge in [0.25, 0.3) is 0 Å². The average molecular weight is 329 g/mol. The van der Waals surface area contributed by atoms with E-state index in [1.165, 1.54) is 0 Å². The van der Waals surface area contributed by atoms with Gasteiger partial charge < -0.3 is 14.5 Å². The van der Waals surface area contributed by atoms with E-state index in [1.807, 2.05) is 11.8 Å². The molecule has 2 aliphatic rings. The summed E-state index contributed by atoms with van der Waals surface area (Å²) in [6.45, 7) is 3.88. The molecule has 0 aromatic carbocycles. The highest BCUT2D eigenvalue weighted by Crippen LogP contribution is 2.33. The van der Waals surface area contributed by atoms with Crippen molar-refractivity contribution in [2.24, 2.45) is 0 Å². The lowest BCUT2D eigenvalue weighted by Crippen LogP contribution is -2.56. The predicted octanol–water partition coefficient (Wildman–Crippen LogP) is 2.06. The van der Waals surface area contributed by atoms with E-state index >= 15 is 0 Å². The number of anilines is 1. The number of rotatable bonds is 1. The SMILES string of the molecule is CCC(=O)N1CCN2c3ncc(C(F)(F)F)cc3COC[C@H]2C1. The molecule has 2 aliphatic heterocycles. The van der Waals surface area contributed by atoms with Gasteiger partial charge in [0, 0.05) is 37.8 Å². The van der Waals surface area contributed by atoms with Gasteiger partial charge in [0.2, 0.25) is 5.91 Å². The van der Waals surface area contributed by atoms with E-state index in [2.05, 4.69) is 4.98 Å². The van der Waals surface area contributed by atoms with Crippen molar-refractivity contribution in [3.63, 3.8) is 0 Å². The molecule has 0 N–H and O–H groups in total. The van der Waals surface area contributed by atoms with Gasteiger partial charge in [-0.3, -0.25) is 4.79 Å². The molecule has 0 aliphatic carbocycles. The van der Waals surface area contributed by atoms with E-state index in [0.29, 0.717) is 44.0 Å². The summed E-state index contributed by atoms with van der Waals surface area (Å²) in [4.78, 5) is 19.6. The molecule has 0 bridgehead atoms. The van der Waals surface area contributed by atoms with Gasteiger partial charge in [0.15, 0.2) is 0 Å². The first-order valence-corrected chi connectivity index (χ1v) is 7.58. The van der Waals surface area contributed by atoms with Crippen LogP contribution in [0.3, 0.4) is 0 Å². The summed E-state index contributed by atoms with van der Waals surface area (Å²) in [7, 11) is 0. The van der Waals surface area contributed by atoms with E-state index in [1.54, 1.807) is 4.90 Å². The number of hydrogen-bond acceptors (Lipinski definition) is 4. The van der Waals surface area contributed by atoms with Crippen LogP contribution in [0.2, 0.25) is 0 Å². The second-order valence-corrected chi connectivity index (χ2v) is 5.76. The van der Waals surface area contributed by atoms with Crippen LogP contribution in [0.4, 0.5) is 19.0 Å². The van der Waals surface area contributed by atoms with Crippen molar-refractivity contribution in [2.45, 2.75) is 32.2 Å². The summed E-state index contributed by atoms with van der Waals surface area (Å²) in [5.41, 5.74) is -0.323. The molecule has 1 amide bonds. The number of carbonyl (C=O) groups is 1. The van der Waals surface area contributed by atoms with Crippen molar-refractivity contribution >= 4 is 11.7 Å². The zero-order chi connectivity index (χ0) is 16.6. The Morgan fingerprint density at radius 1 is 1.43 bits per heavy atom. The van der Waals surface area contributed by atoms with Gasteiger partial charge in [-0.2, -0.15) is 13.2 Å². The number of halogens is 3. The molecule has 8 heteroatoms. The van der Waals surface area contributed by atoms with Crippen molar-refractivity contribution in [3.8, 4) is 0 Å². The van der Waals surface area contributed by atoms with Crippen LogP contribution in [0, 0.1) is 0 Å². The van der Waals surface area contributed by atoms with E-state index in [-0.39, 0.29) is 18.6 Å². The molecule has 23 heavy (non-hydrogen) atoms. The Labute approximate surface area is 132 Å². The molecule has 1 atom stereocenters. The summed E-state index contributed by atoms with van der Waals surface area (Å²) in [5, 5.41) is 0. The van der Waals surface area contributed by atoms with Gasteiger partial charge in [0.05, 0.1) is 24.8 Å². The number of pyridine rings is 1. The topological polar surface area (TPSA) is 45.7 Å². The standard InChI is InChI=1S/C15H18F3N3O2/c1-2-13(22)20-3-4-21-12(7-20)9-23-8-10-5-11(15(16,17)18)6-19-14(10)21/h5-6,12H,2-4,7-9H2,1H3/t12-/m1/s1. The van der Waals surface area contributed by atoms with Gasteiger partial charge in [-0.1, -0.05) is 6.92 Å². The maximum absolute atomic E-state index is 12.8. The molecule has 3 heterocycles. The maximum atomic E-state index is 12.8. The third-order valence-electron chi connectivity index (χ3n) is 4.25. The van der Waals surface area contributed by atoms with Crippen LogP contribution >= 0.6 is 0 Å². The highest BCUT2D eigenvalue weighted by molar-refractivity contribution is 5.76. The summed E-state index contributed by atoms with van der Waals surface area (Å²) < 4.78 is 44.0. The van der Waals surface area contributed by atoms with Crippen molar-refractivity contribution in [2.75, 3.05) is 31.1 Å². The number of nitrogens with zero attached hydrogens (tertiary/aromatic N) is 3. The molecular weight excluding hydrogens is 311 g/mol. The van der Waals surface area contributed by atoms with Gasteiger partial charge in [0.1, 0.15) is 5.82 Å². The molecular formula is C15H18F3N3O2. The Hall–Kier alpha value is -1.83. The lowest BCUT2D eigenvalue weighted by Gasteiger charge is -2.41. The second kappa shape index (κ2) is 5.99. The van der Waals surface area contributed by atoms with Crippen LogP contribution in [-0.4, -0.2) is 48.1 Å². The van der Waals surface area contributed by atoms with Crippen LogP contribution in [0.1, 0.15) is 24.5 Å². The van der Waals surface area contributed by atoms with Gasteiger partial charge in [-0.25, -0.2) is 4.98 Å². The quantitative estimate of drug-likeness (QED) is 0.791. The van der Waals surface area contributed by atoms with E-state index in [0.717, 1.165) is 12.3 Å². The van der Waals surface area contributed by atoms with Gasteiger partial charge in [-0.05, 0) is 6.07 Å². The Bertz CT molecular complexity index is 606. The molecule has 1 aromatic heterocycles. The normalized spacial score (nSPS) is 21.5. The highest BCUT2D eigenvalue weighted by Gasteiger charge is 2.36. The summed E-state index contributed by atoms with van der Waals surface area (Å²) in [6, 6.07) is 1.03. The Morgan fingerprint density at radius 2 is 2.22 bits per heavy atom. The zero-order valence-corrected chi connectivity index (χ0v) is 12.8. The molecule has 126 valence electrons. The second-order valence-electron chi connectivity index (χ2n) is 5.76. The fourth-order valence-electron chi connectivity index (χ4n) is 3.05. The first-order chi connectivity index (χ1) is 10.9. The fourth-order valence-corrected chi connectivity index (χ4v) is 3.05. The third kappa shape index (κ3) is 3.12. The van der Waals surface area contributed by atoms with Crippen LogP contribution in [0.5, 0.6) is 0 Å². The zero-order valence-electron chi connectivity index (χ0n) is 12.8. The van der Waals surface area contributed by atoms with Crippen molar-refractivity contribution in [1.29, 1.82) is 0 Å². The number of piperazine rings is 1. The highest BCUT2D eigenvalue weighted by atomic mass is 19.4. The van der Waals surface area contributed by atoms with Gasteiger partial charge in [-0.15, -0.1) is 0 Å². The molecule has 0 unspecified atom stereocenters. The summed E-state index contributed by atoms with van der Waals surface area (Å²) >= 11 is 0. The number of fused-ring (bicyclic) bond motifs is 3. The lowest BCUT2D eigenvalue weighted by molar-refractivity contribution is -0.138. The van der Waals surface area contributed by atoms with Crippen molar-refractivity contribution < 1.29 is 22.7 Å². The monoisotopic (exact) mass is 329 g/mol. The maximum Gasteiger partial charge on any atom is 0.417 e. The van der Waals surface area contributed by atoms with Gasteiger partial charge >= 0.3 is 6.18 Å². The van der Waals surface area contributed by atoms with Crippen LogP contribution in [0.15, 0.2) is 12.3 Å². The molecule has 1 saturated heterocycles. The van der Waals surface area contributed by atoms with E-state index in [9.17, 15) is 18.0 Å². The van der Waals surface area contributed by atoms with Crippen LogP contribution < -0.4 is 4.90 Å². The van der Waals surface area contributed by atoms with E-state index < -0.39 is 11.7 Å². The number of hydrogen-bond donors (Lipinski definition) is 0. The molecule has 5 nitrogen and oxygen atoms in total. The number of amides is 1. The average Bonchev–Trinajstić information content (AvgIpc) is 2.71. The Kier molecular flexibility index (Phi) is 4.18. The molecule has 0 spiro atoms. The molecule has 1 fully saturated rings. The molecule has 3 rings (SSSR count). The minimum atomic E-state index is -4.42. The number of ether oxygens (including phenoxy) is 1. The van der Waals surface area contributed by atoms with Crippen molar-refractivity contribution in [1.82, 2.24) is 9.88 Å². The smallest absolute Gasteiger partial charge is 0.374 e. The molecule has 0 saturated carbocycles. The predicted molar refractivity (Wildman–Crippen MR) is 76.9 cm³/mol. The molecule has 1 aromatic rings. The fraction of sp³-hybridized carbons (Fsp3) is 0.600. The van der Waals surface area contributed by atoms with E-state index in [4.69, 9.17) is 4.74 Å². The number of alkyl halides is 3. The Balaban J connectivity index is 1.87. The molecule has 0 radical (unpaired) electrons. The summed E-state index contributed by atoms with van der Waals surface area (Å²) in [5.74, 6) is 0.610. The van der Waals surface area contributed by atoms with Crippen LogP contribution in [0.25, 0.3) is 0 Å². The first kappa shape index (κ1) is 16.0. The number of carbonyl (C=O) groups excluding carboxylic acids is 1. The minimum Gasteiger partial charge on any atom is -0.374 e. The third-order valence-corrected chi connectivity index (χ3v) is 4.25. The summed E-state index contributed by atoms with van der Waals surface area (Å²) in [6.07, 6.45) is -3.11. The largest absolute Gasteiger partial charge is 0.417 e. The van der Waals surface area contributed by atoms with Crippen molar-refractivity contribution in [3.05, 3.63) is 23.4 Å². The number of aromatic nitrogens is 1. The first-order valence-electron chi connectivity index (χ1n) is 7.58. The van der Waals surface area contributed by atoms with Crippen LogP contribution in [-0.2, 0) is 22.3 Å².